The molecule has 1 atom stereocenters. The second kappa shape index (κ2) is 5.04. The minimum Gasteiger partial charge on any atom is -0.311 e. The molecule has 21 heavy (non-hydrogen) atoms. The van der Waals surface area contributed by atoms with Crippen molar-refractivity contribution in [3.8, 4) is 0 Å². The van der Waals surface area contributed by atoms with Crippen LogP contribution in [-0.2, 0) is 25.1 Å². The molecule has 1 amide bonds. The summed E-state index contributed by atoms with van der Waals surface area (Å²) < 4.78 is 66.2. The average Bonchev–Trinajstić information content (AvgIpc) is 2.70. The summed E-state index contributed by atoms with van der Waals surface area (Å²) in [6.45, 7) is 1.05. The van der Waals surface area contributed by atoms with Gasteiger partial charge in [-0.05, 0) is 24.6 Å². The van der Waals surface area contributed by atoms with Crippen LogP contribution in [-0.4, -0.2) is 39.1 Å². The standard InChI is InChI=1S/C11H12FNO6S2/c1-7-2-3-8(4-10(7)21(17,18)19)13-6-9(5-11(13)14)20(12,15)16/h2-4,9H,5-6H2,1H3,(H,17,18,19). The first-order chi connectivity index (χ1) is 9.50. The summed E-state index contributed by atoms with van der Waals surface area (Å²) in [5.74, 6) is -0.633. The number of carbonyl (C=O) groups excluding carboxylic acids is 1. The van der Waals surface area contributed by atoms with Gasteiger partial charge in [-0.25, -0.2) is 0 Å². The second-order valence-electron chi connectivity index (χ2n) is 4.73. The third-order valence-electron chi connectivity index (χ3n) is 3.25. The van der Waals surface area contributed by atoms with Crippen LogP contribution in [0.15, 0.2) is 23.1 Å². The largest absolute Gasteiger partial charge is 0.311 e. The summed E-state index contributed by atoms with van der Waals surface area (Å²) in [4.78, 5) is 12.4. The first kappa shape index (κ1) is 15.9. The molecule has 1 saturated heterocycles. The van der Waals surface area contributed by atoms with E-state index >= 15 is 0 Å². The molecule has 0 radical (unpaired) electrons. The van der Waals surface area contributed by atoms with Crippen LogP contribution in [0.2, 0.25) is 0 Å². The minimum absolute atomic E-state index is 0.0874. The minimum atomic E-state index is -4.85. The van der Waals surface area contributed by atoms with E-state index in [1.807, 2.05) is 0 Å². The average molecular weight is 337 g/mol. The number of benzene rings is 1. The molecule has 1 aliphatic heterocycles. The fraction of sp³-hybridized carbons (Fsp3) is 0.364. The van der Waals surface area contributed by atoms with Gasteiger partial charge in [0.15, 0.2) is 0 Å². The Hall–Kier alpha value is -1.52. The summed E-state index contributed by atoms with van der Waals surface area (Å²) >= 11 is 0. The Morgan fingerprint density at radius 3 is 2.38 bits per heavy atom. The molecule has 1 N–H and O–H groups in total. The molecule has 1 aromatic rings. The number of halogens is 1. The number of anilines is 1. The Morgan fingerprint density at radius 1 is 1.29 bits per heavy atom. The molecule has 0 aromatic heterocycles. The maximum atomic E-state index is 12.9. The summed E-state index contributed by atoms with van der Waals surface area (Å²) in [5, 5.41) is -1.47. The number of rotatable bonds is 3. The predicted octanol–water partition coefficient (Wildman–Crippen LogP) is 0.646. The number of hydrogen-bond donors (Lipinski definition) is 1. The van der Waals surface area contributed by atoms with Gasteiger partial charge in [0.2, 0.25) is 5.91 Å². The number of aryl methyl sites for hydroxylation is 1. The van der Waals surface area contributed by atoms with Gasteiger partial charge >= 0.3 is 10.2 Å². The van der Waals surface area contributed by atoms with Crippen molar-refractivity contribution < 1.29 is 30.1 Å². The van der Waals surface area contributed by atoms with Gasteiger partial charge < -0.3 is 4.90 Å². The predicted molar refractivity (Wildman–Crippen MR) is 71.8 cm³/mol. The number of hydrogen-bond acceptors (Lipinski definition) is 5. The third-order valence-corrected chi connectivity index (χ3v) is 5.36. The van der Waals surface area contributed by atoms with E-state index in [1.54, 1.807) is 0 Å². The van der Waals surface area contributed by atoms with Crippen molar-refractivity contribution in [3.05, 3.63) is 23.8 Å². The summed E-state index contributed by atoms with van der Waals surface area (Å²) in [6, 6.07) is 3.81. The zero-order valence-electron chi connectivity index (χ0n) is 10.9. The Bertz CT molecular complexity index is 802. The van der Waals surface area contributed by atoms with Crippen LogP contribution in [0.5, 0.6) is 0 Å². The lowest BCUT2D eigenvalue weighted by atomic mass is 10.2. The molecule has 2 rings (SSSR count). The fourth-order valence-corrected chi connectivity index (χ4v) is 3.56. The van der Waals surface area contributed by atoms with E-state index in [-0.39, 0.29) is 16.1 Å². The van der Waals surface area contributed by atoms with Crippen molar-refractivity contribution in [2.45, 2.75) is 23.5 Å². The van der Waals surface area contributed by atoms with Crippen molar-refractivity contribution in [3.63, 3.8) is 0 Å². The maximum Gasteiger partial charge on any atom is 0.307 e. The van der Waals surface area contributed by atoms with Gasteiger partial charge in [-0.15, -0.1) is 3.89 Å². The highest BCUT2D eigenvalue weighted by Crippen LogP contribution is 2.28. The highest BCUT2D eigenvalue weighted by Gasteiger charge is 2.39. The van der Waals surface area contributed by atoms with Crippen molar-refractivity contribution >= 4 is 31.9 Å². The van der Waals surface area contributed by atoms with Crippen LogP contribution < -0.4 is 4.90 Å². The topological polar surface area (TPSA) is 109 Å². The molecule has 0 saturated carbocycles. The van der Waals surface area contributed by atoms with Gasteiger partial charge in [-0.3, -0.25) is 9.35 Å². The third kappa shape index (κ3) is 3.22. The molecule has 116 valence electrons. The molecule has 1 aromatic carbocycles. The van der Waals surface area contributed by atoms with Crippen molar-refractivity contribution in [1.29, 1.82) is 0 Å². The van der Waals surface area contributed by atoms with Crippen LogP contribution >= 0.6 is 0 Å². The van der Waals surface area contributed by atoms with E-state index in [1.165, 1.54) is 19.1 Å². The van der Waals surface area contributed by atoms with Gasteiger partial charge in [0, 0.05) is 18.7 Å². The highest BCUT2D eigenvalue weighted by molar-refractivity contribution is 7.87. The van der Waals surface area contributed by atoms with Crippen LogP contribution in [0.1, 0.15) is 12.0 Å². The quantitative estimate of drug-likeness (QED) is 0.640. The van der Waals surface area contributed by atoms with Gasteiger partial charge in [0.05, 0.1) is 4.90 Å². The molecule has 10 heteroatoms. The molecule has 1 unspecified atom stereocenters. The SMILES string of the molecule is Cc1ccc(N2CC(S(=O)(=O)F)CC2=O)cc1S(=O)(=O)O. The summed E-state index contributed by atoms with van der Waals surface area (Å²) in [5.41, 5.74) is 0.354. The lowest BCUT2D eigenvalue weighted by Crippen LogP contribution is -2.27. The Labute approximate surface area is 121 Å². The van der Waals surface area contributed by atoms with E-state index in [4.69, 9.17) is 4.55 Å². The lowest BCUT2D eigenvalue weighted by molar-refractivity contribution is -0.117. The van der Waals surface area contributed by atoms with Crippen LogP contribution in [0.25, 0.3) is 0 Å². The van der Waals surface area contributed by atoms with E-state index in [2.05, 4.69) is 0 Å². The first-order valence-corrected chi connectivity index (χ1v) is 8.71. The van der Waals surface area contributed by atoms with E-state index < -0.39 is 44.5 Å². The molecule has 1 fully saturated rings. The van der Waals surface area contributed by atoms with Gasteiger partial charge in [0.25, 0.3) is 10.1 Å². The fourth-order valence-electron chi connectivity index (χ4n) is 2.15. The second-order valence-corrected chi connectivity index (χ2v) is 7.74. The molecule has 0 bridgehead atoms. The Balaban J connectivity index is 2.43. The van der Waals surface area contributed by atoms with Gasteiger partial charge in [-0.1, -0.05) is 6.07 Å². The van der Waals surface area contributed by atoms with E-state index in [9.17, 15) is 25.5 Å². The molecule has 0 spiro atoms. The van der Waals surface area contributed by atoms with Crippen molar-refractivity contribution in [2.24, 2.45) is 0 Å². The van der Waals surface area contributed by atoms with E-state index in [0.717, 1.165) is 11.0 Å². The zero-order valence-corrected chi connectivity index (χ0v) is 12.5. The molecular weight excluding hydrogens is 325 g/mol. The van der Waals surface area contributed by atoms with Crippen molar-refractivity contribution in [1.82, 2.24) is 0 Å². The van der Waals surface area contributed by atoms with Gasteiger partial charge in [0.1, 0.15) is 5.25 Å². The van der Waals surface area contributed by atoms with Crippen molar-refractivity contribution in [2.75, 3.05) is 11.4 Å². The van der Waals surface area contributed by atoms with Gasteiger partial charge in [-0.2, -0.15) is 16.8 Å². The van der Waals surface area contributed by atoms with Crippen LogP contribution in [0, 0.1) is 6.92 Å². The normalized spacial score (nSPS) is 20.0. The Morgan fingerprint density at radius 2 is 1.90 bits per heavy atom. The zero-order chi connectivity index (χ0) is 16.0. The van der Waals surface area contributed by atoms with Crippen LogP contribution in [0.3, 0.4) is 0 Å². The monoisotopic (exact) mass is 337 g/mol. The molecular formula is C11H12FNO6S2. The summed E-state index contributed by atoms with van der Waals surface area (Å²) in [6.07, 6.45) is -0.506. The maximum absolute atomic E-state index is 12.9. The first-order valence-electron chi connectivity index (χ1n) is 5.82. The summed E-state index contributed by atoms with van der Waals surface area (Å²) in [7, 11) is -9.33. The molecule has 1 heterocycles. The molecule has 1 aliphatic rings. The smallest absolute Gasteiger partial charge is 0.307 e. The molecule has 0 aliphatic carbocycles. The number of carbonyl (C=O) groups is 1. The van der Waals surface area contributed by atoms with E-state index in [0.29, 0.717) is 0 Å². The number of nitrogens with zero attached hydrogens (tertiary/aromatic N) is 1. The van der Waals surface area contributed by atoms with Crippen LogP contribution in [0.4, 0.5) is 9.57 Å². The Kier molecular flexibility index (Phi) is 3.80. The number of amides is 1. The lowest BCUT2D eigenvalue weighted by Gasteiger charge is -2.17. The molecule has 7 nitrogen and oxygen atoms in total. The highest BCUT2D eigenvalue weighted by atomic mass is 32.3.